The summed E-state index contributed by atoms with van der Waals surface area (Å²) in [7, 11) is 0. The Bertz CT molecular complexity index is 615. The molecule has 1 N–H and O–H groups in total. The van der Waals surface area contributed by atoms with Crippen LogP contribution in [0.1, 0.15) is 22.2 Å². The molecule has 88 valence electrons. The van der Waals surface area contributed by atoms with Crippen molar-refractivity contribution in [2.75, 3.05) is 0 Å². The molecule has 2 heterocycles. The second-order valence-electron chi connectivity index (χ2n) is 3.25. The Labute approximate surface area is 94.5 Å². The molecule has 2 rings (SSSR count). The van der Waals surface area contributed by atoms with Crippen LogP contribution in [0, 0.1) is 6.92 Å². The molecule has 0 aliphatic rings. The summed E-state index contributed by atoms with van der Waals surface area (Å²) in [6.45, 7) is 1.58. The SMILES string of the molecule is Cc1nc(Cn2nc(C(=O)O)ccc2=O)no1. The Morgan fingerprint density at radius 1 is 1.53 bits per heavy atom. The highest BCUT2D eigenvalue weighted by Gasteiger charge is 2.10. The molecule has 2 aromatic heterocycles. The van der Waals surface area contributed by atoms with E-state index in [-0.39, 0.29) is 18.1 Å². The van der Waals surface area contributed by atoms with Gasteiger partial charge in [0.2, 0.25) is 5.89 Å². The molecule has 8 nitrogen and oxygen atoms in total. The molecule has 0 unspecified atom stereocenters. The number of carboxylic acids is 1. The van der Waals surface area contributed by atoms with Gasteiger partial charge in [-0.05, 0) is 6.07 Å². The van der Waals surface area contributed by atoms with Crippen LogP contribution in [0.2, 0.25) is 0 Å². The highest BCUT2D eigenvalue weighted by Crippen LogP contribution is 1.97. The zero-order valence-corrected chi connectivity index (χ0v) is 8.82. The molecule has 17 heavy (non-hydrogen) atoms. The number of nitrogens with zero attached hydrogens (tertiary/aromatic N) is 4. The van der Waals surface area contributed by atoms with Gasteiger partial charge in [0.25, 0.3) is 5.56 Å². The van der Waals surface area contributed by atoms with E-state index in [1.54, 1.807) is 6.92 Å². The Morgan fingerprint density at radius 3 is 2.88 bits per heavy atom. The first kappa shape index (κ1) is 11.0. The quantitative estimate of drug-likeness (QED) is 0.777. The van der Waals surface area contributed by atoms with Crippen molar-refractivity contribution in [1.82, 2.24) is 19.9 Å². The minimum atomic E-state index is -1.21. The first-order chi connectivity index (χ1) is 8.06. The Morgan fingerprint density at radius 2 is 2.29 bits per heavy atom. The van der Waals surface area contributed by atoms with Crippen LogP contribution in [-0.2, 0) is 6.54 Å². The molecule has 0 radical (unpaired) electrons. The maximum atomic E-state index is 11.4. The van der Waals surface area contributed by atoms with E-state index in [2.05, 4.69) is 15.2 Å². The molecular weight excluding hydrogens is 228 g/mol. The summed E-state index contributed by atoms with van der Waals surface area (Å²) in [5.74, 6) is -0.579. The van der Waals surface area contributed by atoms with Crippen molar-refractivity contribution < 1.29 is 14.4 Å². The van der Waals surface area contributed by atoms with Gasteiger partial charge in [-0.25, -0.2) is 9.48 Å². The fourth-order valence-corrected chi connectivity index (χ4v) is 1.22. The number of hydrogen-bond donors (Lipinski definition) is 1. The number of hydrogen-bond acceptors (Lipinski definition) is 6. The second kappa shape index (κ2) is 4.16. The first-order valence-electron chi connectivity index (χ1n) is 4.67. The van der Waals surface area contributed by atoms with Gasteiger partial charge in [0.15, 0.2) is 11.5 Å². The monoisotopic (exact) mass is 236 g/mol. The molecule has 0 aliphatic heterocycles. The predicted octanol–water partition coefficient (Wildman–Crippen LogP) is -0.319. The number of rotatable bonds is 3. The third kappa shape index (κ3) is 2.36. The Hall–Kier alpha value is -2.51. The summed E-state index contributed by atoms with van der Waals surface area (Å²) < 4.78 is 5.70. The molecule has 0 aromatic carbocycles. The van der Waals surface area contributed by atoms with Gasteiger partial charge >= 0.3 is 5.97 Å². The van der Waals surface area contributed by atoms with E-state index in [9.17, 15) is 9.59 Å². The van der Waals surface area contributed by atoms with Gasteiger partial charge in [-0.15, -0.1) is 0 Å². The molecule has 8 heteroatoms. The maximum absolute atomic E-state index is 11.4. The van der Waals surface area contributed by atoms with E-state index in [4.69, 9.17) is 9.63 Å². The Balaban J connectivity index is 2.35. The Kier molecular flexibility index (Phi) is 2.69. The first-order valence-corrected chi connectivity index (χ1v) is 4.67. The van der Waals surface area contributed by atoms with Crippen molar-refractivity contribution in [1.29, 1.82) is 0 Å². The van der Waals surface area contributed by atoms with Crippen LogP contribution in [0.4, 0.5) is 0 Å². The van der Waals surface area contributed by atoms with Gasteiger partial charge in [-0.1, -0.05) is 5.16 Å². The van der Waals surface area contributed by atoms with Crippen molar-refractivity contribution in [3.63, 3.8) is 0 Å². The van der Waals surface area contributed by atoms with E-state index in [0.29, 0.717) is 5.89 Å². The maximum Gasteiger partial charge on any atom is 0.356 e. The molecule has 2 aromatic rings. The zero-order chi connectivity index (χ0) is 12.4. The third-order valence-corrected chi connectivity index (χ3v) is 1.95. The molecule has 0 aliphatic carbocycles. The normalized spacial score (nSPS) is 10.4. The predicted molar refractivity (Wildman–Crippen MR) is 53.6 cm³/mol. The van der Waals surface area contributed by atoms with Crippen LogP contribution in [0.3, 0.4) is 0 Å². The van der Waals surface area contributed by atoms with Crippen LogP contribution >= 0.6 is 0 Å². The number of carboxylic acid groups (broad SMARTS) is 1. The van der Waals surface area contributed by atoms with E-state index < -0.39 is 11.5 Å². The summed E-state index contributed by atoms with van der Waals surface area (Å²) >= 11 is 0. The lowest BCUT2D eigenvalue weighted by Crippen LogP contribution is -2.25. The lowest BCUT2D eigenvalue weighted by molar-refractivity contribution is 0.0687. The average molecular weight is 236 g/mol. The summed E-state index contributed by atoms with van der Waals surface area (Å²) in [6.07, 6.45) is 0. The highest BCUT2D eigenvalue weighted by atomic mass is 16.5. The highest BCUT2D eigenvalue weighted by molar-refractivity contribution is 5.84. The van der Waals surface area contributed by atoms with E-state index in [1.807, 2.05) is 0 Å². The zero-order valence-electron chi connectivity index (χ0n) is 8.82. The summed E-state index contributed by atoms with van der Waals surface area (Å²) in [6, 6.07) is 2.27. The van der Waals surface area contributed by atoms with Crippen LogP contribution in [-0.4, -0.2) is 31.0 Å². The number of aromatic carboxylic acids is 1. The molecule has 0 fully saturated rings. The van der Waals surface area contributed by atoms with Crippen LogP contribution in [0.25, 0.3) is 0 Å². The smallest absolute Gasteiger partial charge is 0.356 e. The number of carbonyl (C=O) groups is 1. The molecular formula is C9H8N4O4. The van der Waals surface area contributed by atoms with E-state index in [0.717, 1.165) is 16.8 Å². The number of aromatic nitrogens is 4. The fraction of sp³-hybridized carbons (Fsp3) is 0.222. The van der Waals surface area contributed by atoms with Gasteiger partial charge in [-0.3, -0.25) is 4.79 Å². The van der Waals surface area contributed by atoms with Crippen molar-refractivity contribution in [3.8, 4) is 0 Å². The lowest BCUT2D eigenvalue weighted by atomic mass is 10.4. The minimum Gasteiger partial charge on any atom is -0.476 e. The molecule has 0 saturated carbocycles. The number of aryl methyl sites for hydroxylation is 1. The van der Waals surface area contributed by atoms with Crippen molar-refractivity contribution in [3.05, 3.63) is 39.9 Å². The molecule has 0 bridgehead atoms. The largest absolute Gasteiger partial charge is 0.476 e. The van der Waals surface area contributed by atoms with Gasteiger partial charge in [0.1, 0.15) is 6.54 Å². The standard InChI is InChI=1S/C9H8N4O4/c1-5-10-7(12-17-5)4-13-8(14)3-2-6(11-13)9(15)16/h2-3H,4H2,1H3,(H,15,16). The lowest BCUT2D eigenvalue weighted by Gasteiger charge is -2.01. The van der Waals surface area contributed by atoms with Gasteiger partial charge in [0, 0.05) is 13.0 Å². The average Bonchev–Trinajstić information content (AvgIpc) is 2.67. The van der Waals surface area contributed by atoms with E-state index >= 15 is 0 Å². The van der Waals surface area contributed by atoms with Gasteiger partial charge in [-0.2, -0.15) is 10.1 Å². The van der Waals surface area contributed by atoms with Crippen LogP contribution in [0.15, 0.2) is 21.5 Å². The molecule has 0 atom stereocenters. The molecule has 0 amide bonds. The second-order valence-corrected chi connectivity index (χ2v) is 3.25. The molecule has 0 saturated heterocycles. The van der Waals surface area contributed by atoms with E-state index in [1.165, 1.54) is 0 Å². The van der Waals surface area contributed by atoms with Gasteiger partial charge in [0.05, 0.1) is 0 Å². The van der Waals surface area contributed by atoms with Crippen molar-refractivity contribution in [2.45, 2.75) is 13.5 Å². The minimum absolute atomic E-state index is 0.0305. The summed E-state index contributed by atoms with van der Waals surface area (Å²) in [5.41, 5.74) is -0.651. The van der Waals surface area contributed by atoms with Crippen molar-refractivity contribution >= 4 is 5.97 Å². The third-order valence-electron chi connectivity index (χ3n) is 1.95. The van der Waals surface area contributed by atoms with Crippen LogP contribution in [0.5, 0.6) is 0 Å². The summed E-state index contributed by atoms with van der Waals surface area (Å²) in [4.78, 5) is 26.0. The fourth-order valence-electron chi connectivity index (χ4n) is 1.22. The topological polar surface area (TPSA) is 111 Å². The van der Waals surface area contributed by atoms with Crippen LogP contribution < -0.4 is 5.56 Å². The summed E-state index contributed by atoms with van der Waals surface area (Å²) in [5, 5.41) is 16.0. The van der Waals surface area contributed by atoms with Crippen molar-refractivity contribution in [2.24, 2.45) is 0 Å². The molecule has 0 spiro atoms. The van der Waals surface area contributed by atoms with Gasteiger partial charge < -0.3 is 9.63 Å².